The molecule has 0 saturated heterocycles. The van der Waals surface area contributed by atoms with Gasteiger partial charge in [0.2, 0.25) is 0 Å². The smallest absolute Gasteiger partial charge is 0.256 e. The van der Waals surface area contributed by atoms with E-state index in [2.05, 4.69) is 5.32 Å². The first kappa shape index (κ1) is 17.4. The predicted octanol–water partition coefficient (Wildman–Crippen LogP) is 4.41. The Morgan fingerprint density at radius 2 is 1.41 bits per heavy atom. The molecular formula is C22H18F2N2O. The molecule has 136 valence electrons. The van der Waals surface area contributed by atoms with E-state index in [0.717, 1.165) is 16.7 Å². The molecule has 0 spiro atoms. The summed E-state index contributed by atoms with van der Waals surface area (Å²) in [7, 11) is 0. The molecule has 1 heterocycles. The quantitative estimate of drug-likeness (QED) is 0.727. The molecule has 1 amide bonds. The van der Waals surface area contributed by atoms with E-state index in [0.29, 0.717) is 18.7 Å². The first-order valence-electron chi connectivity index (χ1n) is 8.74. The largest absolute Gasteiger partial charge is 0.315 e. The fourth-order valence-electron chi connectivity index (χ4n) is 3.36. The normalized spacial score (nSPS) is 15.9. The number of nitrogens with zero attached hydrogens (tertiary/aromatic N) is 1. The molecular weight excluding hydrogens is 346 g/mol. The summed E-state index contributed by atoms with van der Waals surface area (Å²) in [4.78, 5) is 14.6. The third-order valence-electron chi connectivity index (χ3n) is 4.74. The van der Waals surface area contributed by atoms with Crippen LogP contribution in [0.15, 0.2) is 72.8 Å². The lowest BCUT2D eigenvalue weighted by Gasteiger charge is -2.26. The third-order valence-corrected chi connectivity index (χ3v) is 4.74. The molecule has 1 N–H and O–H groups in total. The first-order chi connectivity index (χ1) is 13.1. The van der Waals surface area contributed by atoms with E-state index in [1.54, 1.807) is 29.2 Å². The number of amides is 1. The Labute approximate surface area is 156 Å². The van der Waals surface area contributed by atoms with Crippen LogP contribution in [0.2, 0.25) is 0 Å². The van der Waals surface area contributed by atoms with Gasteiger partial charge in [0.05, 0.1) is 0 Å². The summed E-state index contributed by atoms with van der Waals surface area (Å²) in [5.74, 6) is -0.648. The van der Waals surface area contributed by atoms with Crippen molar-refractivity contribution in [3.8, 4) is 0 Å². The third kappa shape index (κ3) is 3.59. The van der Waals surface area contributed by atoms with Crippen molar-refractivity contribution in [2.45, 2.75) is 19.3 Å². The van der Waals surface area contributed by atoms with Gasteiger partial charge in [0, 0.05) is 24.2 Å². The molecule has 4 rings (SSSR count). The van der Waals surface area contributed by atoms with Gasteiger partial charge in [-0.05, 0) is 41.5 Å². The van der Waals surface area contributed by atoms with E-state index in [4.69, 9.17) is 0 Å². The zero-order valence-corrected chi connectivity index (χ0v) is 14.5. The lowest BCUT2D eigenvalue weighted by molar-refractivity contribution is 0.0675. The SMILES string of the molecule is O=C1c2ccccc2[C@H](NCc2ccc(F)cc2)N1Cc1ccc(F)cc1. The Bertz CT molecular complexity index is 955. The van der Waals surface area contributed by atoms with Crippen molar-refractivity contribution in [2.24, 2.45) is 0 Å². The summed E-state index contributed by atoms with van der Waals surface area (Å²) < 4.78 is 26.3. The summed E-state index contributed by atoms with van der Waals surface area (Å²) in [6.45, 7) is 0.862. The van der Waals surface area contributed by atoms with Gasteiger partial charge in [-0.15, -0.1) is 0 Å². The fraction of sp³-hybridized carbons (Fsp3) is 0.136. The van der Waals surface area contributed by atoms with Crippen LogP contribution in [0.3, 0.4) is 0 Å². The average Bonchev–Trinajstić information content (AvgIpc) is 2.95. The maximum Gasteiger partial charge on any atom is 0.256 e. The van der Waals surface area contributed by atoms with E-state index in [1.807, 2.05) is 24.3 Å². The predicted molar refractivity (Wildman–Crippen MR) is 98.7 cm³/mol. The number of benzene rings is 3. The molecule has 27 heavy (non-hydrogen) atoms. The maximum atomic E-state index is 13.2. The monoisotopic (exact) mass is 364 g/mol. The molecule has 0 saturated carbocycles. The molecule has 0 unspecified atom stereocenters. The van der Waals surface area contributed by atoms with E-state index in [9.17, 15) is 13.6 Å². The van der Waals surface area contributed by atoms with Crippen LogP contribution in [-0.2, 0) is 13.1 Å². The lowest BCUT2D eigenvalue weighted by atomic mass is 10.1. The number of rotatable bonds is 5. The van der Waals surface area contributed by atoms with E-state index < -0.39 is 0 Å². The van der Waals surface area contributed by atoms with Crippen LogP contribution in [0.5, 0.6) is 0 Å². The Balaban J connectivity index is 1.58. The second-order valence-electron chi connectivity index (χ2n) is 6.56. The van der Waals surface area contributed by atoms with Gasteiger partial charge in [-0.1, -0.05) is 42.5 Å². The standard InChI is InChI=1S/C22H18F2N2O/c23-17-9-5-15(6-10-17)13-25-21-19-3-1-2-4-20(19)22(27)26(21)14-16-7-11-18(24)12-8-16/h1-12,21,25H,13-14H2/t21-/m1/s1. The number of nitrogens with one attached hydrogen (secondary N) is 1. The Morgan fingerprint density at radius 3 is 2.07 bits per heavy atom. The zero-order valence-electron chi connectivity index (χ0n) is 14.5. The van der Waals surface area contributed by atoms with Crippen LogP contribution in [0, 0.1) is 11.6 Å². The number of hydrogen-bond acceptors (Lipinski definition) is 2. The maximum absolute atomic E-state index is 13.2. The highest BCUT2D eigenvalue weighted by Gasteiger charge is 2.35. The molecule has 0 aliphatic carbocycles. The highest BCUT2D eigenvalue weighted by molar-refractivity contribution is 5.99. The Morgan fingerprint density at radius 1 is 0.815 bits per heavy atom. The van der Waals surface area contributed by atoms with Gasteiger partial charge in [-0.25, -0.2) is 8.78 Å². The molecule has 3 aromatic carbocycles. The van der Waals surface area contributed by atoms with Gasteiger partial charge < -0.3 is 4.90 Å². The van der Waals surface area contributed by atoms with Crippen LogP contribution in [0.1, 0.15) is 33.2 Å². The molecule has 1 aliphatic rings. The second kappa shape index (κ2) is 7.29. The van der Waals surface area contributed by atoms with Crippen molar-refractivity contribution in [2.75, 3.05) is 0 Å². The summed E-state index contributed by atoms with van der Waals surface area (Å²) in [6, 6.07) is 19.9. The molecule has 3 aromatic rings. The van der Waals surface area contributed by atoms with Crippen LogP contribution in [0.25, 0.3) is 0 Å². The summed E-state index contributed by atoms with van der Waals surface area (Å²) in [5, 5.41) is 3.39. The minimum absolute atomic E-state index is 0.0634. The zero-order chi connectivity index (χ0) is 18.8. The van der Waals surface area contributed by atoms with Crippen molar-refractivity contribution in [3.63, 3.8) is 0 Å². The molecule has 0 fully saturated rings. The molecule has 1 aliphatic heterocycles. The van der Waals surface area contributed by atoms with E-state index >= 15 is 0 Å². The average molecular weight is 364 g/mol. The molecule has 0 bridgehead atoms. The molecule has 3 nitrogen and oxygen atoms in total. The minimum atomic E-state index is -0.305. The molecule has 5 heteroatoms. The number of fused-ring (bicyclic) bond motifs is 1. The fourth-order valence-corrected chi connectivity index (χ4v) is 3.36. The highest BCUT2D eigenvalue weighted by Crippen LogP contribution is 2.33. The van der Waals surface area contributed by atoms with Crippen molar-refractivity contribution >= 4 is 5.91 Å². The van der Waals surface area contributed by atoms with Gasteiger partial charge in [0.25, 0.3) is 5.91 Å². The van der Waals surface area contributed by atoms with Gasteiger partial charge in [0.15, 0.2) is 0 Å². The summed E-state index contributed by atoms with van der Waals surface area (Å²) >= 11 is 0. The van der Waals surface area contributed by atoms with Gasteiger partial charge in [-0.2, -0.15) is 0 Å². The molecule has 0 radical (unpaired) electrons. The van der Waals surface area contributed by atoms with Crippen LogP contribution in [-0.4, -0.2) is 10.8 Å². The van der Waals surface area contributed by atoms with Gasteiger partial charge in [-0.3, -0.25) is 10.1 Å². The van der Waals surface area contributed by atoms with Crippen molar-refractivity contribution in [1.82, 2.24) is 10.2 Å². The number of carbonyl (C=O) groups excluding carboxylic acids is 1. The molecule has 0 aromatic heterocycles. The van der Waals surface area contributed by atoms with Gasteiger partial charge >= 0.3 is 0 Å². The van der Waals surface area contributed by atoms with Crippen LogP contribution < -0.4 is 5.32 Å². The number of halogens is 2. The minimum Gasteiger partial charge on any atom is -0.315 e. The Kier molecular flexibility index (Phi) is 4.69. The molecule has 1 atom stereocenters. The van der Waals surface area contributed by atoms with Crippen LogP contribution in [0.4, 0.5) is 8.78 Å². The van der Waals surface area contributed by atoms with Crippen molar-refractivity contribution in [1.29, 1.82) is 0 Å². The van der Waals surface area contributed by atoms with Crippen molar-refractivity contribution < 1.29 is 13.6 Å². The summed E-state index contributed by atoms with van der Waals surface area (Å²) in [6.07, 6.45) is -0.302. The Hall–Kier alpha value is -3.05. The topological polar surface area (TPSA) is 32.3 Å². The number of carbonyl (C=O) groups is 1. The van der Waals surface area contributed by atoms with Crippen LogP contribution >= 0.6 is 0 Å². The first-order valence-corrected chi connectivity index (χ1v) is 8.74. The lowest BCUT2D eigenvalue weighted by Crippen LogP contribution is -2.36. The highest BCUT2D eigenvalue weighted by atomic mass is 19.1. The number of hydrogen-bond donors (Lipinski definition) is 1. The second-order valence-corrected chi connectivity index (χ2v) is 6.56. The van der Waals surface area contributed by atoms with E-state index in [-0.39, 0.29) is 23.7 Å². The summed E-state index contributed by atoms with van der Waals surface area (Å²) in [5.41, 5.74) is 3.35. The van der Waals surface area contributed by atoms with Crippen molar-refractivity contribution in [3.05, 3.63) is 107 Å². The van der Waals surface area contributed by atoms with E-state index in [1.165, 1.54) is 24.3 Å². The van der Waals surface area contributed by atoms with Gasteiger partial charge in [0.1, 0.15) is 17.8 Å².